The summed E-state index contributed by atoms with van der Waals surface area (Å²) < 4.78 is 20.1. The number of nitrogens with zero attached hydrogens (tertiary/aromatic N) is 4. The van der Waals surface area contributed by atoms with Crippen molar-refractivity contribution in [3.05, 3.63) is 123 Å². The summed E-state index contributed by atoms with van der Waals surface area (Å²) in [6.45, 7) is 5.98. The molecule has 1 aliphatic rings. The molecule has 50 heavy (non-hydrogen) atoms. The summed E-state index contributed by atoms with van der Waals surface area (Å²) in [5.74, 6) is -0.382. The predicted octanol–water partition coefficient (Wildman–Crippen LogP) is 6.18. The summed E-state index contributed by atoms with van der Waals surface area (Å²) in [6, 6.07) is 15.4. The fourth-order valence-electron chi connectivity index (χ4n) is 6.15. The number of likely N-dealkylation sites (tertiary alicyclic amines) is 1. The van der Waals surface area contributed by atoms with E-state index in [1.165, 1.54) is 32.5 Å². The van der Waals surface area contributed by atoms with Crippen LogP contribution in [-0.2, 0) is 18.6 Å². The number of aryl methyl sites for hydroxylation is 1. The van der Waals surface area contributed by atoms with Crippen molar-refractivity contribution in [1.82, 2.24) is 30.5 Å². The zero-order valence-electron chi connectivity index (χ0n) is 28.3. The van der Waals surface area contributed by atoms with Crippen molar-refractivity contribution in [2.75, 3.05) is 13.1 Å². The molecule has 3 aromatic heterocycles. The van der Waals surface area contributed by atoms with Gasteiger partial charge in [-0.15, -0.1) is 11.3 Å². The second kappa shape index (κ2) is 15.4. The van der Waals surface area contributed by atoms with Crippen molar-refractivity contribution in [2.24, 2.45) is 0 Å². The molecule has 4 heterocycles. The van der Waals surface area contributed by atoms with Crippen LogP contribution in [0.3, 0.4) is 0 Å². The number of rotatable bonds is 13. The first-order chi connectivity index (χ1) is 24.0. The molecule has 0 spiro atoms. The van der Waals surface area contributed by atoms with Gasteiger partial charge in [-0.25, -0.2) is 14.4 Å². The van der Waals surface area contributed by atoms with Gasteiger partial charge in [-0.1, -0.05) is 30.3 Å². The minimum atomic E-state index is -1.53. The van der Waals surface area contributed by atoms with Gasteiger partial charge in [0.1, 0.15) is 16.9 Å². The molecule has 0 aliphatic carbocycles. The van der Waals surface area contributed by atoms with Crippen LogP contribution in [0.25, 0.3) is 11.5 Å². The lowest BCUT2D eigenvalue weighted by Gasteiger charge is -2.26. The standard InChI is InChI=1S/C38H41FN6O4S/c1-24-23-50-36(43-24)32-10-7-12-45(32)37(48)29-17-27(16-28(18-29)35-42-11-13-49-35)34(47)44-31(15-25-8-5-4-6-9-25)33(46)22-41-20-26-14-30(21-40-19-26)38(2,3)39/h4-6,8-9,11,13-14,16-19,21,23,31-33,41,46H,7,10,12,15,20,22H2,1-3H3,(H,44,47)/t31-,32+,33+/m0/s1. The Labute approximate surface area is 294 Å². The van der Waals surface area contributed by atoms with Crippen LogP contribution in [-0.4, -0.2) is 62.0 Å². The largest absolute Gasteiger partial charge is 0.445 e. The second-order valence-corrected chi connectivity index (χ2v) is 14.0. The Bertz CT molecular complexity index is 1910. The van der Waals surface area contributed by atoms with Crippen LogP contribution < -0.4 is 10.6 Å². The van der Waals surface area contributed by atoms with Crippen molar-refractivity contribution < 1.29 is 23.5 Å². The molecule has 1 saturated heterocycles. The molecule has 3 atom stereocenters. The number of nitrogens with one attached hydrogen (secondary N) is 2. The summed E-state index contributed by atoms with van der Waals surface area (Å²) in [5, 5.41) is 20.6. The number of hydrogen-bond acceptors (Lipinski definition) is 9. The zero-order valence-corrected chi connectivity index (χ0v) is 29.1. The average Bonchev–Trinajstić information content (AvgIpc) is 3.90. The van der Waals surface area contributed by atoms with Gasteiger partial charge in [-0.05, 0) is 75.4 Å². The van der Waals surface area contributed by atoms with E-state index < -0.39 is 23.7 Å². The van der Waals surface area contributed by atoms with Crippen molar-refractivity contribution in [3.63, 3.8) is 0 Å². The average molecular weight is 697 g/mol. The van der Waals surface area contributed by atoms with E-state index in [9.17, 15) is 19.1 Å². The smallest absolute Gasteiger partial charge is 0.254 e. The first-order valence-electron chi connectivity index (χ1n) is 16.7. The maximum Gasteiger partial charge on any atom is 0.254 e. The number of benzene rings is 2. The molecule has 1 fully saturated rings. The first-order valence-corrected chi connectivity index (χ1v) is 17.6. The number of carbonyl (C=O) groups excluding carboxylic acids is 2. The number of aliphatic hydroxyl groups is 1. The highest BCUT2D eigenvalue weighted by Gasteiger charge is 2.33. The van der Waals surface area contributed by atoms with E-state index in [0.29, 0.717) is 36.2 Å². The number of aromatic nitrogens is 3. The fourth-order valence-corrected chi connectivity index (χ4v) is 7.09. The highest BCUT2D eigenvalue weighted by Crippen LogP contribution is 2.35. The van der Waals surface area contributed by atoms with Gasteiger partial charge in [-0.3, -0.25) is 14.6 Å². The monoisotopic (exact) mass is 696 g/mol. The maximum atomic E-state index is 14.5. The first kappa shape index (κ1) is 35.1. The minimum Gasteiger partial charge on any atom is -0.445 e. The SMILES string of the molecule is Cc1csc([C@H]2CCCN2C(=O)c2cc(C(=O)N[C@@H](Cc3ccccc3)[C@H](O)CNCc3cncc(C(C)(C)F)c3)cc(-c3ncco3)c2)n1. The van der Waals surface area contributed by atoms with Gasteiger partial charge >= 0.3 is 0 Å². The third-order valence-electron chi connectivity index (χ3n) is 8.80. The van der Waals surface area contributed by atoms with Crippen molar-refractivity contribution in [2.45, 2.75) is 70.4 Å². The van der Waals surface area contributed by atoms with Crippen molar-refractivity contribution in [3.8, 4) is 11.5 Å². The molecule has 2 aromatic carbocycles. The van der Waals surface area contributed by atoms with E-state index in [1.807, 2.05) is 47.5 Å². The molecular weight excluding hydrogens is 656 g/mol. The number of amides is 2. The summed E-state index contributed by atoms with van der Waals surface area (Å²) in [6.07, 6.45) is 7.14. The summed E-state index contributed by atoms with van der Waals surface area (Å²) in [5.41, 5.74) is 2.62. The molecule has 10 nitrogen and oxygen atoms in total. The van der Waals surface area contributed by atoms with Crippen molar-refractivity contribution in [1.29, 1.82) is 0 Å². The molecule has 2 amide bonds. The number of pyridine rings is 1. The lowest BCUT2D eigenvalue weighted by Crippen LogP contribution is -2.48. The van der Waals surface area contributed by atoms with Crippen molar-refractivity contribution >= 4 is 23.2 Å². The Morgan fingerprint density at radius 1 is 1.12 bits per heavy atom. The molecule has 260 valence electrons. The molecule has 0 radical (unpaired) electrons. The van der Waals surface area contributed by atoms with Gasteiger partial charge in [0.2, 0.25) is 5.89 Å². The zero-order chi connectivity index (χ0) is 35.3. The lowest BCUT2D eigenvalue weighted by atomic mass is 9.99. The molecule has 1 aliphatic heterocycles. The highest BCUT2D eigenvalue weighted by atomic mass is 32.1. The molecule has 0 bridgehead atoms. The minimum absolute atomic E-state index is 0.136. The van der Waals surface area contributed by atoms with Gasteiger partial charge in [0.05, 0.1) is 24.4 Å². The van der Waals surface area contributed by atoms with Gasteiger partial charge in [-0.2, -0.15) is 0 Å². The van der Waals surface area contributed by atoms with E-state index in [2.05, 4.69) is 25.6 Å². The summed E-state index contributed by atoms with van der Waals surface area (Å²) in [4.78, 5) is 43.0. The molecule has 0 saturated carbocycles. The van der Waals surface area contributed by atoms with Gasteiger partial charge in [0, 0.05) is 65.4 Å². The third kappa shape index (κ3) is 8.50. The van der Waals surface area contributed by atoms with E-state index in [0.717, 1.165) is 34.7 Å². The lowest BCUT2D eigenvalue weighted by molar-refractivity contribution is 0.0735. The van der Waals surface area contributed by atoms with Crippen LogP contribution in [0.5, 0.6) is 0 Å². The van der Waals surface area contributed by atoms with Crippen LogP contribution >= 0.6 is 11.3 Å². The Kier molecular flexibility index (Phi) is 10.8. The molecule has 5 aromatic rings. The van der Waals surface area contributed by atoms with E-state index in [-0.39, 0.29) is 29.9 Å². The molecular formula is C38H41FN6O4S. The maximum absolute atomic E-state index is 14.5. The van der Waals surface area contributed by atoms with Crippen LogP contribution in [0.1, 0.15) is 80.8 Å². The Hall–Kier alpha value is -4.78. The number of alkyl halides is 1. The van der Waals surface area contributed by atoms with Gasteiger partial charge < -0.3 is 25.1 Å². The topological polar surface area (TPSA) is 133 Å². The number of oxazole rings is 1. The molecule has 3 N–H and O–H groups in total. The van der Waals surface area contributed by atoms with Crippen LogP contribution in [0.2, 0.25) is 0 Å². The third-order valence-corrected chi connectivity index (χ3v) is 9.86. The highest BCUT2D eigenvalue weighted by molar-refractivity contribution is 7.09. The number of aliphatic hydroxyl groups excluding tert-OH is 1. The normalized spacial score (nSPS) is 15.9. The van der Waals surface area contributed by atoms with E-state index in [1.54, 1.807) is 41.8 Å². The number of carbonyl (C=O) groups is 2. The van der Waals surface area contributed by atoms with E-state index in [4.69, 9.17) is 4.42 Å². The Morgan fingerprint density at radius 2 is 1.92 bits per heavy atom. The van der Waals surface area contributed by atoms with Gasteiger partial charge in [0.25, 0.3) is 11.8 Å². The summed E-state index contributed by atoms with van der Waals surface area (Å²) in [7, 11) is 0. The second-order valence-electron chi connectivity index (χ2n) is 13.1. The van der Waals surface area contributed by atoms with Gasteiger partial charge in [0.15, 0.2) is 0 Å². The Balaban J connectivity index is 1.23. The molecule has 12 heteroatoms. The Morgan fingerprint density at radius 3 is 2.64 bits per heavy atom. The molecule has 6 rings (SSSR count). The number of halogens is 1. The molecule has 0 unspecified atom stereocenters. The van der Waals surface area contributed by atoms with Crippen LogP contribution in [0.4, 0.5) is 4.39 Å². The number of hydrogen-bond donors (Lipinski definition) is 3. The fraction of sp³-hybridized carbons (Fsp3) is 0.342. The van der Waals surface area contributed by atoms with E-state index >= 15 is 0 Å². The predicted molar refractivity (Wildman–Crippen MR) is 189 cm³/mol. The van der Waals surface area contributed by atoms with Crippen LogP contribution in [0, 0.1) is 6.92 Å². The summed E-state index contributed by atoms with van der Waals surface area (Å²) >= 11 is 1.55. The quantitative estimate of drug-likeness (QED) is 0.133. The number of thiazole rings is 1. The van der Waals surface area contributed by atoms with Crippen LogP contribution in [0.15, 0.2) is 89.2 Å².